The summed E-state index contributed by atoms with van der Waals surface area (Å²) < 4.78 is 30.3. The number of likely N-dealkylation sites (tertiary alicyclic amines) is 1. The number of nitrogens with zero attached hydrogens (tertiary/aromatic N) is 2. The van der Waals surface area contributed by atoms with Crippen LogP contribution in [0.25, 0.3) is 10.2 Å². The van der Waals surface area contributed by atoms with Gasteiger partial charge in [0.1, 0.15) is 0 Å². The van der Waals surface area contributed by atoms with Crippen LogP contribution < -0.4 is 9.60 Å². The van der Waals surface area contributed by atoms with Crippen molar-refractivity contribution in [2.75, 3.05) is 26.2 Å². The van der Waals surface area contributed by atoms with Crippen molar-refractivity contribution in [3.63, 3.8) is 0 Å². The van der Waals surface area contributed by atoms with Gasteiger partial charge in [-0.2, -0.15) is 0 Å². The van der Waals surface area contributed by atoms with Gasteiger partial charge in [0, 0.05) is 19.1 Å². The predicted molar refractivity (Wildman–Crippen MR) is 111 cm³/mol. The summed E-state index contributed by atoms with van der Waals surface area (Å²) in [5.74, 6) is 0.729. The number of piperidine rings is 1. The monoisotopic (exact) mass is 411 g/mol. The SMILES string of the molecule is CC(C)n1c(=O)sc2cc(S(=O)(=O)NCCCN3CCC[C@H](C)C3)ccc21. The van der Waals surface area contributed by atoms with E-state index in [1.807, 2.05) is 13.8 Å². The quantitative estimate of drug-likeness (QED) is 0.711. The van der Waals surface area contributed by atoms with E-state index < -0.39 is 10.0 Å². The minimum Gasteiger partial charge on any atom is -0.303 e. The zero-order valence-corrected chi connectivity index (χ0v) is 17.9. The molecule has 0 spiro atoms. The summed E-state index contributed by atoms with van der Waals surface area (Å²) in [6.07, 6.45) is 3.31. The fourth-order valence-corrected chi connectivity index (χ4v) is 5.98. The van der Waals surface area contributed by atoms with Crippen molar-refractivity contribution in [3.05, 3.63) is 27.9 Å². The van der Waals surface area contributed by atoms with Crippen LogP contribution in [-0.2, 0) is 10.0 Å². The summed E-state index contributed by atoms with van der Waals surface area (Å²) in [5.41, 5.74) is 0.790. The average Bonchev–Trinajstić information content (AvgIpc) is 2.94. The number of benzene rings is 1. The number of sulfonamides is 1. The molecule has 0 aliphatic carbocycles. The van der Waals surface area contributed by atoms with Gasteiger partial charge in [-0.1, -0.05) is 18.3 Å². The van der Waals surface area contributed by atoms with Crippen LogP contribution in [0, 0.1) is 5.92 Å². The topological polar surface area (TPSA) is 71.4 Å². The van der Waals surface area contributed by atoms with E-state index in [0.29, 0.717) is 11.2 Å². The molecule has 0 bridgehead atoms. The molecule has 1 aliphatic heterocycles. The Morgan fingerprint density at radius 3 is 2.81 bits per heavy atom. The summed E-state index contributed by atoms with van der Waals surface area (Å²) in [6.45, 7) is 9.73. The molecule has 27 heavy (non-hydrogen) atoms. The molecule has 0 radical (unpaired) electrons. The van der Waals surface area contributed by atoms with Crippen LogP contribution in [0.2, 0.25) is 0 Å². The zero-order valence-electron chi connectivity index (χ0n) is 16.3. The minimum atomic E-state index is -3.56. The molecule has 0 saturated carbocycles. The summed E-state index contributed by atoms with van der Waals surface area (Å²) in [4.78, 5) is 14.7. The van der Waals surface area contributed by atoms with Crippen LogP contribution in [0.15, 0.2) is 27.9 Å². The van der Waals surface area contributed by atoms with Crippen molar-refractivity contribution in [2.45, 2.75) is 51.0 Å². The highest BCUT2D eigenvalue weighted by Crippen LogP contribution is 2.24. The number of hydrogen-bond acceptors (Lipinski definition) is 5. The standard InChI is InChI=1S/C19H29N3O3S2/c1-14(2)22-17-8-7-16(12-18(17)26-19(22)23)27(24,25)20-9-5-11-21-10-4-6-15(3)13-21/h7-8,12,14-15,20H,4-6,9-11,13H2,1-3H3/t15-/m0/s1. The van der Waals surface area contributed by atoms with Crippen LogP contribution in [0.5, 0.6) is 0 Å². The predicted octanol–water partition coefficient (Wildman–Crippen LogP) is 3.04. The second-order valence-electron chi connectivity index (χ2n) is 7.76. The van der Waals surface area contributed by atoms with Gasteiger partial charge >= 0.3 is 4.87 Å². The Labute approximate surface area is 165 Å². The second kappa shape index (κ2) is 8.43. The van der Waals surface area contributed by atoms with E-state index in [1.54, 1.807) is 22.8 Å². The first-order valence-corrected chi connectivity index (χ1v) is 11.9. The van der Waals surface area contributed by atoms with Gasteiger partial charge < -0.3 is 4.90 Å². The molecule has 0 unspecified atom stereocenters. The smallest absolute Gasteiger partial charge is 0.303 e. The molecule has 0 amide bonds. The normalized spacial score (nSPS) is 19.2. The van der Waals surface area contributed by atoms with Gasteiger partial charge in [0.25, 0.3) is 0 Å². The lowest BCUT2D eigenvalue weighted by atomic mass is 10.0. The molecule has 2 aromatic rings. The number of aromatic nitrogens is 1. The first-order chi connectivity index (χ1) is 12.8. The van der Waals surface area contributed by atoms with Gasteiger partial charge in [-0.3, -0.25) is 9.36 Å². The minimum absolute atomic E-state index is 0.0457. The van der Waals surface area contributed by atoms with Crippen LogP contribution >= 0.6 is 11.3 Å². The third-order valence-electron chi connectivity index (χ3n) is 5.10. The van der Waals surface area contributed by atoms with Crippen LogP contribution in [0.3, 0.4) is 0 Å². The van der Waals surface area contributed by atoms with Gasteiger partial charge in [0.2, 0.25) is 10.0 Å². The molecular weight excluding hydrogens is 382 g/mol. The largest absolute Gasteiger partial charge is 0.308 e. The highest BCUT2D eigenvalue weighted by Gasteiger charge is 2.18. The van der Waals surface area contributed by atoms with Crippen molar-refractivity contribution in [2.24, 2.45) is 5.92 Å². The summed E-state index contributed by atoms with van der Waals surface area (Å²) >= 11 is 1.09. The number of thiazole rings is 1. The molecule has 3 rings (SSSR count). The van der Waals surface area contributed by atoms with Crippen molar-refractivity contribution >= 4 is 31.6 Å². The Bertz CT molecular complexity index is 947. The molecule has 2 heterocycles. The van der Waals surface area contributed by atoms with E-state index in [9.17, 15) is 13.2 Å². The molecule has 150 valence electrons. The molecule has 1 aromatic carbocycles. The number of hydrogen-bond donors (Lipinski definition) is 1. The van der Waals surface area contributed by atoms with Gasteiger partial charge in [-0.25, -0.2) is 13.1 Å². The lowest BCUT2D eigenvalue weighted by molar-refractivity contribution is 0.182. The maximum absolute atomic E-state index is 12.6. The van der Waals surface area contributed by atoms with Crippen molar-refractivity contribution in [3.8, 4) is 0 Å². The molecule has 1 aliphatic rings. The Balaban J connectivity index is 1.63. The van der Waals surface area contributed by atoms with E-state index in [0.717, 1.165) is 48.8 Å². The summed E-state index contributed by atoms with van der Waals surface area (Å²) in [7, 11) is -3.56. The van der Waals surface area contributed by atoms with Crippen molar-refractivity contribution < 1.29 is 8.42 Å². The molecule has 1 N–H and O–H groups in total. The first kappa shape index (κ1) is 20.5. The maximum Gasteiger partial charge on any atom is 0.308 e. The van der Waals surface area contributed by atoms with E-state index >= 15 is 0 Å². The third-order valence-corrected chi connectivity index (χ3v) is 7.47. The zero-order chi connectivity index (χ0) is 19.6. The van der Waals surface area contributed by atoms with E-state index in [2.05, 4.69) is 16.5 Å². The highest BCUT2D eigenvalue weighted by molar-refractivity contribution is 7.89. The molecule has 1 saturated heterocycles. The van der Waals surface area contributed by atoms with Crippen molar-refractivity contribution in [1.82, 2.24) is 14.2 Å². The lowest BCUT2D eigenvalue weighted by Gasteiger charge is -2.30. The molecule has 1 aromatic heterocycles. The number of rotatable bonds is 7. The van der Waals surface area contributed by atoms with Gasteiger partial charge in [-0.05, 0) is 70.3 Å². The van der Waals surface area contributed by atoms with Gasteiger partial charge in [0.15, 0.2) is 0 Å². The Morgan fingerprint density at radius 1 is 1.33 bits per heavy atom. The van der Waals surface area contributed by atoms with Gasteiger partial charge in [-0.15, -0.1) is 0 Å². The number of fused-ring (bicyclic) bond motifs is 1. The molecular formula is C19H29N3O3S2. The summed E-state index contributed by atoms with van der Waals surface area (Å²) in [5, 5.41) is 0. The summed E-state index contributed by atoms with van der Waals surface area (Å²) in [6, 6.07) is 4.97. The van der Waals surface area contributed by atoms with Crippen LogP contribution in [0.4, 0.5) is 0 Å². The maximum atomic E-state index is 12.6. The Morgan fingerprint density at radius 2 is 2.11 bits per heavy atom. The third kappa shape index (κ3) is 4.80. The second-order valence-corrected chi connectivity index (χ2v) is 10.5. The Hall–Kier alpha value is -1.22. The lowest BCUT2D eigenvalue weighted by Crippen LogP contribution is -2.36. The fourth-order valence-electron chi connectivity index (χ4n) is 3.76. The van der Waals surface area contributed by atoms with E-state index in [-0.39, 0.29) is 15.8 Å². The van der Waals surface area contributed by atoms with Crippen LogP contribution in [-0.4, -0.2) is 44.1 Å². The fraction of sp³-hybridized carbons (Fsp3) is 0.632. The number of nitrogens with one attached hydrogen (secondary N) is 1. The Kier molecular flexibility index (Phi) is 6.40. The first-order valence-electron chi connectivity index (χ1n) is 9.65. The van der Waals surface area contributed by atoms with E-state index in [1.165, 1.54) is 12.8 Å². The molecule has 6 nitrogen and oxygen atoms in total. The molecule has 1 atom stereocenters. The van der Waals surface area contributed by atoms with Crippen LogP contribution in [0.1, 0.15) is 46.1 Å². The van der Waals surface area contributed by atoms with E-state index in [4.69, 9.17) is 0 Å². The molecule has 1 fully saturated rings. The average molecular weight is 412 g/mol. The molecule has 8 heteroatoms. The van der Waals surface area contributed by atoms with Gasteiger partial charge in [0.05, 0.1) is 15.1 Å². The van der Waals surface area contributed by atoms with Crippen molar-refractivity contribution in [1.29, 1.82) is 0 Å². The highest BCUT2D eigenvalue weighted by atomic mass is 32.2.